The van der Waals surface area contributed by atoms with Crippen LogP contribution < -0.4 is 0 Å². The van der Waals surface area contributed by atoms with Crippen LogP contribution in [0.2, 0.25) is 0 Å². The lowest BCUT2D eigenvalue weighted by Crippen LogP contribution is -2.40. The summed E-state index contributed by atoms with van der Waals surface area (Å²) in [7, 11) is 5.95. The van der Waals surface area contributed by atoms with E-state index in [0.717, 1.165) is 83.5 Å². The Balaban J connectivity index is 4.14. The first-order valence-electron chi connectivity index (χ1n) is 26.1. The second-order valence-corrected chi connectivity index (χ2v) is 18.5. The number of hydrogen-bond donors (Lipinski definition) is 1. The molecule has 1 N–H and O–H groups in total. The summed E-state index contributed by atoms with van der Waals surface area (Å²) < 4.78 is 22.7. The zero-order valence-corrected chi connectivity index (χ0v) is 42.4. The van der Waals surface area contributed by atoms with Gasteiger partial charge in [-0.2, -0.15) is 0 Å². The van der Waals surface area contributed by atoms with E-state index in [2.05, 4.69) is 86.8 Å². The molecule has 65 heavy (non-hydrogen) atoms. The molecule has 0 aromatic heterocycles. The molecule has 9 nitrogen and oxygen atoms in total. The standard InChI is InChI=1S/C56H97NO8/c1-6-8-10-12-14-16-17-18-19-20-21-22-23-24-25-26-27-28-29-30-31-32-33-34-35-36-37-39-41-43-45-47-54(59)65-52(51-64-56(55(60)61)62-49-48-57(3,4)5)50-63-53(58)46-44-42-40-38-15-13-11-9-7-2/h8,10,14,16,18-19,21-22,24-25,27-28,52,56H,6-7,9,11-13,15,17,20,23,26,29-51H2,1-5H3/p+1/b10-8-,16-14-,19-18-,22-21-,25-24-,28-27-. The summed E-state index contributed by atoms with van der Waals surface area (Å²) in [5.41, 5.74) is 0. The Morgan fingerprint density at radius 2 is 0.877 bits per heavy atom. The van der Waals surface area contributed by atoms with Crippen molar-refractivity contribution in [1.29, 1.82) is 0 Å². The van der Waals surface area contributed by atoms with Crippen molar-refractivity contribution < 1.29 is 42.9 Å². The van der Waals surface area contributed by atoms with E-state index in [-0.39, 0.29) is 32.2 Å². The first-order chi connectivity index (χ1) is 31.6. The lowest BCUT2D eigenvalue weighted by atomic mass is 10.0. The molecule has 0 bridgehead atoms. The molecule has 0 aliphatic carbocycles. The number of ether oxygens (including phenoxy) is 4. The normalized spacial score (nSPS) is 13.4. The second-order valence-electron chi connectivity index (χ2n) is 18.5. The molecule has 0 saturated carbocycles. The van der Waals surface area contributed by atoms with E-state index in [1.165, 1.54) is 96.3 Å². The smallest absolute Gasteiger partial charge is 0.361 e. The highest BCUT2D eigenvalue weighted by molar-refractivity contribution is 5.71. The Kier molecular flexibility index (Phi) is 44.9. The summed E-state index contributed by atoms with van der Waals surface area (Å²) in [5.74, 6) is -2.01. The molecule has 9 heteroatoms. The fraction of sp³-hybridized carbons (Fsp3) is 0.732. The Bertz CT molecular complexity index is 1290. The molecule has 0 aliphatic rings. The van der Waals surface area contributed by atoms with Crippen molar-refractivity contribution in [3.63, 3.8) is 0 Å². The highest BCUT2D eigenvalue weighted by Gasteiger charge is 2.25. The van der Waals surface area contributed by atoms with Crippen LogP contribution in [0.4, 0.5) is 0 Å². The number of carboxylic acids is 1. The van der Waals surface area contributed by atoms with Crippen LogP contribution in [0.3, 0.4) is 0 Å². The Hall–Kier alpha value is -3.27. The Morgan fingerprint density at radius 3 is 1.31 bits per heavy atom. The van der Waals surface area contributed by atoms with Crippen LogP contribution in [0, 0.1) is 0 Å². The van der Waals surface area contributed by atoms with E-state index in [4.69, 9.17) is 18.9 Å². The number of nitrogens with zero attached hydrogens (tertiary/aromatic N) is 1. The van der Waals surface area contributed by atoms with Gasteiger partial charge in [0.1, 0.15) is 13.2 Å². The van der Waals surface area contributed by atoms with Gasteiger partial charge in [0.25, 0.3) is 6.29 Å². The zero-order chi connectivity index (χ0) is 47.7. The van der Waals surface area contributed by atoms with Gasteiger partial charge in [-0.1, -0.05) is 202 Å². The topological polar surface area (TPSA) is 108 Å². The van der Waals surface area contributed by atoms with Crippen molar-refractivity contribution in [3.8, 4) is 0 Å². The molecule has 0 aliphatic heterocycles. The maximum Gasteiger partial charge on any atom is 0.361 e. The number of carboxylic acid groups (broad SMARTS) is 1. The van der Waals surface area contributed by atoms with Gasteiger partial charge in [-0.05, 0) is 64.2 Å². The van der Waals surface area contributed by atoms with Gasteiger partial charge in [-0.25, -0.2) is 4.79 Å². The van der Waals surface area contributed by atoms with E-state index in [0.29, 0.717) is 17.4 Å². The number of hydrogen-bond acceptors (Lipinski definition) is 7. The van der Waals surface area contributed by atoms with Crippen LogP contribution in [-0.2, 0) is 33.3 Å². The Labute approximate surface area is 398 Å². The largest absolute Gasteiger partial charge is 0.477 e. The lowest BCUT2D eigenvalue weighted by Gasteiger charge is -2.25. The monoisotopic (exact) mass is 913 g/mol. The molecule has 374 valence electrons. The van der Waals surface area contributed by atoms with Gasteiger partial charge < -0.3 is 28.5 Å². The van der Waals surface area contributed by atoms with Crippen LogP contribution in [0.25, 0.3) is 0 Å². The number of unbranched alkanes of at least 4 members (excludes halogenated alkanes) is 20. The van der Waals surface area contributed by atoms with Crippen LogP contribution in [0.5, 0.6) is 0 Å². The summed E-state index contributed by atoms with van der Waals surface area (Å²) in [6.07, 6.45) is 57.0. The molecule has 0 spiro atoms. The molecule has 0 radical (unpaired) electrons. The summed E-state index contributed by atoms with van der Waals surface area (Å²) in [4.78, 5) is 37.1. The average Bonchev–Trinajstić information content (AvgIpc) is 3.27. The minimum atomic E-state index is -1.51. The van der Waals surface area contributed by atoms with Crippen LogP contribution >= 0.6 is 0 Å². The lowest BCUT2D eigenvalue weighted by molar-refractivity contribution is -0.870. The highest BCUT2D eigenvalue weighted by Crippen LogP contribution is 2.15. The number of likely N-dealkylation sites (N-methyl/N-ethyl adjacent to an activating group) is 1. The van der Waals surface area contributed by atoms with Crippen molar-refractivity contribution >= 4 is 17.9 Å². The maximum atomic E-state index is 12.8. The third-order valence-corrected chi connectivity index (χ3v) is 11.0. The fourth-order valence-electron chi connectivity index (χ4n) is 6.96. The van der Waals surface area contributed by atoms with Crippen molar-refractivity contribution in [1.82, 2.24) is 0 Å². The molecule has 0 rings (SSSR count). The highest BCUT2D eigenvalue weighted by atomic mass is 16.7. The molecule has 0 aromatic carbocycles. The van der Waals surface area contributed by atoms with Crippen molar-refractivity contribution in [2.75, 3.05) is 47.5 Å². The number of aliphatic carboxylic acids is 1. The first-order valence-corrected chi connectivity index (χ1v) is 26.1. The molecule has 0 fully saturated rings. The van der Waals surface area contributed by atoms with Crippen LogP contribution in [-0.4, -0.2) is 87.4 Å². The van der Waals surface area contributed by atoms with Gasteiger partial charge in [0, 0.05) is 12.8 Å². The van der Waals surface area contributed by atoms with Crippen LogP contribution in [0.15, 0.2) is 72.9 Å². The second kappa shape index (κ2) is 47.2. The quantitative estimate of drug-likeness (QED) is 0.0211. The average molecular weight is 913 g/mol. The van der Waals surface area contributed by atoms with Gasteiger partial charge in [0.05, 0.1) is 34.4 Å². The van der Waals surface area contributed by atoms with Crippen molar-refractivity contribution in [3.05, 3.63) is 72.9 Å². The molecule has 2 unspecified atom stereocenters. The molecule has 0 amide bonds. The summed E-state index contributed by atoms with van der Waals surface area (Å²) in [6.45, 7) is 4.73. The predicted molar refractivity (Wildman–Crippen MR) is 272 cm³/mol. The summed E-state index contributed by atoms with van der Waals surface area (Å²) in [5, 5.41) is 9.64. The third-order valence-electron chi connectivity index (χ3n) is 11.0. The van der Waals surface area contributed by atoms with Gasteiger partial charge in [-0.3, -0.25) is 9.59 Å². The molecule has 0 aromatic rings. The van der Waals surface area contributed by atoms with Crippen molar-refractivity contribution in [2.45, 2.75) is 219 Å². The van der Waals surface area contributed by atoms with E-state index >= 15 is 0 Å². The van der Waals surface area contributed by atoms with Gasteiger partial charge in [0.15, 0.2) is 6.10 Å². The number of rotatable bonds is 47. The Morgan fingerprint density at radius 1 is 0.477 bits per heavy atom. The predicted octanol–water partition coefficient (Wildman–Crippen LogP) is 14.7. The molecular formula is C56H98NO8+. The summed E-state index contributed by atoms with van der Waals surface area (Å²) in [6, 6.07) is 0. The van der Waals surface area contributed by atoms with Gasteiger partial charge in [-0.15, -0.1) is 0 Å². The zero-order valence-electron chi connectivity index (χ0n) is 42.4. The number of carbonyl (C=O) groups excluding carboxylic acids is 2. The maximum absolute atomic E-state index is 12.8. The summed E-state index contributed by atoms with van der Waals surface area (Å²) >= 11 is 0. The number of carbonyl (C=O) groups is 3. The number of allylic oxidation sites excluding steroid dienone is 12. The minimum Gasteiger partial charge on any atom is -0.477 e. The minimum absolute atomic E-state index is 0.183. The molecule has 0 heterocycles. The number of quaternary nitrogens is 1. The SMILES string of the molecule is CC/C=C\C/C=C\C/C=C\C/C=C\C/C=C\C/C=C\CCCCCCCCCCCCCCC(=O)OC(COC(=O)CCCCCCCCCCC)COC(OCC[N+](C)(C)C)C(=O)O. The molecular weight excluding hydrogens is 815 g/mol. The van der Waals surface area contributed by atoms with Crippen molar-refractivity contribution in [2.24, 2.45) is 0 Å². The molecule has 0 saturated heterocycles. The van der Waals surface area contributed by atoms with Gasteiger partial charge >= 0.3 is 17.9 Å². The fourth-order valence-corrected chi connectivity index (χ4v) is 6.96. The van der Waals surface area contributed by atoms with Gasteiger partial charge in [0.2, 0.25) is 0 Å². The third kappa shape index (κ3) is 48.5. The number of esters is 2. The van der Waals surface area contributed by atoms with E-state index in [9.17, 15) is 19.5 Å². The van der Waals surface area contributed by atoms with Crippen LogP contribution in [0.1, 0.15) is 206 Å². The van der Waals surface area contributed by atoms with E-state index < -0.39 is 24.3 Å². The van der Waals surface area contributed by atoms with E-state index in [1.54, 1.807) is 0 Å². The van der Waals surface area contributed by atoms with E-state index in [1.807, 2.05) is 21.1 Å². The molecule has 2 atom stereocenters. The first kappa shape index (κ1) is 61.7.